The number of rotatable bonds is 5. The first-order valence-corrected chi connectivity index (χ1v) is 8.30. The number of hydrazone groups is 1. The summed E-state index contributed by atoms with van der Waals surface area (Å²) >= 11 is 4.76. The van der Waals surface area contributed by atoms with Crippen LogP contribution in [0.25, 0.3) is 0 Å². The molecule has 0 aromatic heterocycles. The van der Waals surface area contributed by atoms with Crippen molar-refractivity contribution in [2.75, 3.05) is 5.32 Å². The third-order valence-corrected chi connectivity index (χ3v) is 3.87. The number of nitrogens with one attached hydrogen (secondary N) is 2. The lowest BCUT2D eigenvalue weighted by atomic mass is 9.94. The van der Waals surface area contributed by atoms with Gasteiger partial charge in [0.15, 0.2) is 5.11 Å². The number of aryl methyl sites for hydroxylation is 2. The molecule has 0 radical (unpaired) electrons. The minimum absolute atomic E-state index is 0.0193. The normalized spacial score (nSPS) is 12.0. The van der Waals surface area contributed by atoms with Gasteiger partial charge in [-0.25, -0.2) is 0 Å². The Morgan fingerprint density at radius 2 is 1.77 bits per heavy atom. The number of nitriles is 1. The Morgan fingerprint density at radius 3 is 2.31 bits per heavy atom. The number of amides is 1. The largest absolute Gasteiger partial charge is 0.375 e. The number of hydrogen-bond donors (Lipinski definition) is 3. The van der Waals surface area contributed by atoms with Crippen LogP contribution in [0.4, 0.5) is 5.69 Å². The molecular formula is C19H19N5OS. The lowest BCUT2D eigenvalue weighted by Gasteiger charge is -2.16. The highest BCUT2D eigenvalue weighted by Gasteiger charge is 2.26. The third kappa shape index (κ3) is 4.65. The second-order valence-electron chi connectivity index (χ2n) is 5.67. The zero-order valence-electron chi connectivity index (χ0n) is 14.5. The SMILES string of the molecule is Cc1cccc(C)c1NC(=O)/C(=N\NC(N)=S)[C@H](C#N)c1ccccc1. The van der Waals surface area contributed by atoms with Crippen molar-refractivity contribution in [3.05, 3.63) is 65.2 Å². The summed E-state index contributed by atoms with van der Waals surface area (Å²) in [6.45, 7) is 3.79. The monoisotopic (exact) mass is 365 g/mol. The molecule has 0 saturated heterocycles. The van der Waals surface area contributed by atoms with Gasteiger partial charge < -0.3 is 11.1 Å². The van der Waals surface area contributed by atoms with E-state index in [4.69, 9.17) is 18.0 Å². The molecular weight excluding hydrogens is 346 g/mol. The van der Waals surface area contributed by atoms with E-state index in [9.17, 15) is 10.1 Å². The number of carbonyl (C=O) groups is 1. The number of carbonyl (C=O) groups excluding carboxylic acids is 1. The van der Waals surface area contributed by atoms with Gasteiger partial charge in [0.2, 0.25) is 0 Å². The van der Waals surface area contributed by atoms with Crippen molar-refractivity contribution in [3.63, 3.8) is 0 Å². The van der Waals surface area contributed by atoms with Crippen LogP contribution in [-0.4, -0.2) is 16.7 Å². The molecule has 1 atom stereocenters. The van der Waals surface area contributed by atoms with Crippen molar-refractivity contribution in [2.45, 2.75) is 19.8 Å². The van der Waals surface area contributed by atoms with E-state index in [1.54, 1.807) is 24.3 Å². The zero-order valence-corrected chi connectivity index (χ0v) is 15.3. The second kappa shape index (κ2) is 8.74. The number of nitrogens with zero attached hydrogens (tertiary/aromatic N) is 2. The van der Waals surface area contributed by atoms with Crippen LogP contribution in [0, 0.1) is 25.2 Å². The molecule has 132 valence electrons. The Labute approximate surface area is 157 Å². The van der Waals surface area contributed by atoms with E-state index in [0.717, 1.165) is 11.1 Å². The molecule has 0 spiro atoms. The molecule has 0 heterocycles. The van der Waals surface area contributed by atoms with E-state index in [2.05, 4.69) is 21.9 Å². The molecule has 0 aliphatic carbocycles. The highest BCUT2D eigenvalue weighted by atomic mass is 32.1. The fraction of sp³-hybridized carbons (Fsp3) is 0.158. The van der Waals surface area contributed by atoms with Gasteiger partial charge in [0, 0.05) is 5.69 Å². The predicted octanol–water partition coefficient (Wildman–Crippen LogP) is 2.74. The summed E-state index contributed by atoms with van der Waals surface area (Å²) in [4.78, 5) is 12.9. The van der Waals surface area contributed by atoms with Crippen LogP contribution >= 0.6 is 12.2 Å². The molecule has 4 N–H and O–H groups in total. The van der Waals surface area contributed by atoms with E-state index in [-0.39, 0.29) is 10.8 Å². The molecule has 0 fully saturated rings. The average Bonchev–Trinajstić information content (AvgIpc) is 2.62. The van der Waals surface area contributed by atoms with Gasteiger partial charge in [-0.3, -0.25) is 10.2 Å². The van der Waals surface area contributed by atoms with Crippen LogP contribution in [0.15, 0.2) is 53.6 Å². The van der Waals surface area contributed by atoms with Gasteiger partial charge in [0.05, 0.1) is 6.07 Å². The van der Waals surface area contributed by atoms with Gasteiger partial charge in [-0.05, 0) is 42.8 Å². The molecule has 2 aromatic rings. The fourth-order valence-electron chi connectivity index (χ4n) is 2.49. The number of thiocarbonyl (C=S) groups is 1. The second-order valence-corrected chi connectivity index (χ2v) is 6.11. The van der Waals surface area contributed by atoms with E-state index in [0.29, 0.717) is 11.3 Å². The van der Waals surface area contributed by atoms with Crippen molar-refractivity contribution in [1.82, 2.24) is 5.43 Å². The molecule has 0 bridgehead atoms. The van der Waals surface area contributed by atoms with Crippen LogP contribution in [0.2, 0.25) is 0 Å². The molecule has 0 aliphatic heterocycles. The molecule has 6 nitrogen and oxygen atoms in total. The molecule has 0 saturated carbocycles. The summed E-state index contributed by atoms with van der Waals surface area (Å²) in [5, 5.41) is 16.4. The fourth-order valence-corrected chi connectivity index (χ4v) is 2.54. The number of para-hydroxylation sites is 1. The summed E-state index contributed by atoms with van der Waals surface area (Å²) in [5.41, 5.74) is 11.0. The minimum atomic E-state index is -0.873. The molecule has 26 heavy (non-hydrogen) atoms. The number of anilines is 1. The van der Waals surface area contributed by atoms with E-state index < -0.39 is 11.8 Å². The van der Waals surface area contributed by atoms with E-state index in [1.807, 2.05) is 38.1 Å². The number of nitrogens with two attached hydrogens (primary N) is 1. The van der Waals surface area contributed by atoms with Gasteiger partial charge in [-0.1, -0.05) is 48.5 Å². The van der Waals surface area contributed by atoms with Gasteiger partial charge >= 0.3 is 0 Å². The maximum absolute atomic E-state index is 12.9. The molecule has 0 unspecified atom stereocenters. The average molecular weight is 365 g/mol. The third-order valence-electron chi connectivity index (χ3n) is 3.77. The Hall–Kier alpha value is -3.24. The molecule has 2 rings (SSSR count). The van der Waals surface area contributed by atoms with Crippen LogP contribution in [0.1, 0.15) is 22.6 Å². The topological polar surface area (TPSA) is 103 Å². The standard InChI is InChI=1S/C19H19N5OS/c1-12-7-6-8-13(2)16(12)22-18(25)17(23-24-19(21)26)15(11-20)14-9-4-3-5-10-14/h3-10,15H,1-2H3,(H,22,25)(H3,21,24,26)/b23-17-/t15-/m1/s1. The summed E-state index contributed by atoms with van der Waals surface area (Å²) in [5.74, 6) is -1.37. The van der Waals surface area contributed by atoms with Crippen molar-refractivity contribution in [3.8, 4) is 6.07 Å². The van der Waals surface area contributed by atoms with Crippen molar-refractivity contribution < 1.29 is 4.79 Å². The number of hydrogen-bond acceptors (Lipinski definition) is 4. The van der Waals surface area contributed by atoms with Crippen LogP contribution < -0.4 is 16.5 Å². The molecule has 7 heteroatoms. The maximum atomic E-state index is 12.9. The summed E-state index contributed by atoms with van der Waals surface area (Å²) < 4.78 is 0. The first-order chi connectivity index (χ1) is 12.4. The summed E-state index contributed by atoms with van der Waals surface area (Å²) in [6, 6.07) is 16.8. The Bertz CT molecular complexity index is 866. The Kier molecular flexibility index (Phi) is 6.42. The minimum Gasteiger partial charge on any atom is -0.375 e. The first kappa shape index (κ1) is 19.1. The lowest BCUT2D eigenvalue weighted by molar-refractivity contribution is -0.110. The molecule has 0 aliphatic rings. The van der Waals surface area contributed by atoms with Crippen LogP contribution in [0.5, 0.6) is 0 Å². The van der Waals surface area contributed by atoms with Crippen LogP contribution in [-0.2, 0) is 4.79 Å². The smallest absolute Gasteiger partial charge is 0.273 e. The van der Waals surface area contributed by atoms with Crippen LogP contribution in [0.3, 0.4) is 0 Å². The maximum Gasteiger partial charge on any atom is 0.273 e. The van der Waals surface area contributed by atoms with Gasteiger partial charge in [0.1, 0.15) is 11.6 Å². The van der Waals surface area contributed by atoms with Gasteiger partial charge in [-0.2, -0.15) is 10.4 Å². The van der Waals surface area contributed by atoms with E-state index in [1.165, 1.54) is 0 Å². The Morgan fingerprint density at radius 1 is 1.15 bits per heavy atom. The highest BCUT2D eigenvalue weighted by Crippen LogP contribution is 2.22. The molecule has 1 amide bonds. The summed E-state index contributed by atoms with van der Waals surface area (Å²) in [6.07, 6.45) is 0. The van der Waals surface area contributed by atoms with Gasteiger partial charge in [-0.15, -0.1) is 0 Å². The van der Waals surface area contributed by atoms with Crippen molar-refractivity contribution in [1.29, 1.82) is 5.26 Å². The quantitative estimate of drug-likeness (QED) is 0.429. The summed E-state index contributed by atoms with van der Waals surface area (Å²) in [7, 11) is 0. The van der Waals surface area contributed by atoms with Crippen molar-refractivity contribution >= 4 is 34.6 Å². The highest BCUT2D eigenvalue weighted by molar-refractivity contribution is 7.80. The Balaban J connectivity index is 2.41. The van der Waals surface area contributed by atoms with E-state index >= 15 is 0 Å². The lowest BCUT2D eigenvalue weighted by Crippen LogP contribution is -2.33. The number of benzene rings is 2. The van der Waals surface area contributed by atoms with Gasteiger partial charge in [0.25, 0.3) is 5.91 Å². The zero-order chi connectivity index (χ0) is 19.1. The predicted molar refractivity (Wildman–Crippen MR) is 107 cm³/mol. The molecule has 2 aromatic carbocycles. The first-order valence-electron chi connectivity index (χ1n) is 7.89. The van der Waals surface area contributed by atoms with Crippen molar-refractivity contribution in [2.24, 2.45) is 10.8 Å².